The number of β-lactam (4-membered cyclic amide) rings is 1. The SMILES string of the molecule is C[N+]1(C2([C@H]3S[C@@H]4[C@@H](CCO)C(=O)N4C3C(=O)O)CCCC2)CCCC1. The molecule has 3 saturated heterocycles. The van der Waals surface area contributed by atoms with Crippen molar-refractivity contribution in [2.24, 2.45) is 5.92 Å². The van der Waals surface area contributed by atoms with Crippen LogP contribution in [-0.4, -0.2) is 80.4 Å². The van der Waals surface area contributed by atoms with E-state index in [1.807, 2.05) is 0 Å². The number of nitrogens with zero attached hydrogens (tertiary/aromatic N) is 2. The number of hydrogen-bond acceptors (Lipinski definition) is 4. The molecule has 0 bridgehead atoms. The lowest BCUT2D eigenvalue weighted by Crippen LogP contribution is -2.68. The van der Waals surface area contributed by atoms with Gasteiger partial charge in [-0.25, -0.2) is 4.79 Å². The molecule has 4 atom stereocenters. The Morgan fingerprint density at radius 1 is 1.28 bits per heavy atom. The second kappa shape index (κ2) is 6.13. The number of hydrogen-bond donors (Lipinski definition) is 2. The van der Waals surface area contributed by atoms with Crippen molar-refractivity contribution in [1.29, 1.82) is 0 Å². The van der Waals surface area contributed by atoms with Crippen molar-refractivity contribution in [3.8, 4) is 0 Å². The average Bonchev–Trinajstić information content (AvgIpc) is 3.29. The fourth-order valence-corrected chi connectivity index (χ4v) is 8.30. The third-order valence-corrected chi connectivity index (χ3v) is 9.21. The molecule has 1 amide bonds. The minimum atomic E-state index is -0.854. The van der Waals surface area contributed by atoms with Crippen molar-refractivity contribution in [2.45, 2.75) is 67.2 Å². The van der Waals surface area contributed by atoms with Crippen molar-refractivity contribution in [1.82, 2.24) is 4.90 Å². The third kappa shape index (κ3) is 2.31. The van der Waals surface area contributed by atoms with E-state index < -0.39 is 12.0 Å². The topological polar surface area (TPSA) is 77.8 Å². The number of aliphatic hydroxyl groups is 1. The Morgan fingerprint density at radius 2 is 1.92 bits per heavy atom. The predicted octanol–water partition coefficient (Wildman–Crippen LogP) is 1.28. The average molecular weight is 370 g/mol. The molecule has 1 unspecified atom stereocenters. The molecule has 4 rings (SSSR count). The maximum atomic E-state index is 12.5. The van der Waals surface area contributed by atoms with Crippen LogP contribution in [0.2, 0.25) is 0 Å². The van der Waals surface area contributed by atoms with Gasteiger partial charge in [0.2, 0.25) is 5.91 Å². The van der Waals surface area contributed by atoms with Crippen LogP contribution in [0.3, 0.4) is 0 Å². The number of carboxylic acids is 1. The van der Waals surface area contributed by atoms with Gasteiger partial charge in [0.1, 0.15) is 11.6 Å². The Morgan fingerprint density at radius 3 is 2.48 bits per heavy atom. The second-order valence-corrected chi connectivity index (χ2v) is 9.72. The number of likely N-dealkylation sites (tertiary alicyclic amines) is 1. The third-order valence-electron chi connectivity index (χ3n) is 7.38. The van der Waals surface area contributed by atoms with Gasteiger partial charge in [-0.3, -0.25) is 4.79 Å². The molecule has 4 fully saturated rings. The maximum Gasteiger partial charge on any atom is 0.327 e. The van der Waals surface area contributed by atoms with Crippen LogP contribution >= 0.6 is 11.8 Å². The van der Waals surface area contributed by atoms with Crippen LogP contribution in [0.1, 0.15) is 44.9 Å². The molecule has 0 aromatic carbocycles. The molecule has 3 aliphatic heterocycles. The predicted molar refractivity (Wildman–Crippen MR) is 95.0 cm³/mol. The van der Waals surface area contributed by atoms with Gasteiger partial charge in [-0.2, -0.15) is 0 Å². The molecule has 7 heteroatoms. The summed E-state index contributed by atoms with van der Waals surface area (Å²) in [6.45, 7) is 2.24. The summed E-state index contributed by atoms with van der Waals surface area (Å²) in [5, 5.41) is 19.1. The lowest BCUT2D eigenvalue weighted by molar-refractivity contribution is -0.948. The number of aliphatic hydroxyl groups excluding tert-OH is 1. The molecular weight excluding hydrogens is 340 g/mol. The van der Waals surface area contributed by atoms with Crippen LogP contribution in [-0.2, 0) is 9.59 Å². The highest BCUT2D eigenvalue weighted by atomic mass is 32.2. The number of quaternary nitrogens is 1. The Kier molecular flexibility index (Phi) is 4.32. The lowest BCUT2D eigenvalue weighted by Gasteiger charge is -2.51. The van der Waals surface area contributed by atoms with Crippen molar-refractivity contribution < 1.29 is 24.3 Å². The summed E-state index contributed by atoms with van der Waals surface area (Å²) in [6.07, 6.45) is 7.35. The first-order valence-electron chi connectivity index (χ1n) is 9.61. The number of fused-ring (bicyclic) bond motifs is 1. The van der Waals surface area contributed by atoms with E-state index in [1.54, 1.807) is 16.7 Å². The van der Waals surface area contributed by atoms with Crippen molar-refractivity contribution >= 4 is 23.6 Å². The Bertz CT molecular complexity index is 571. The minimum Gasteiger partial charge on any atom is -0.480 e. The lowest BCUT2D eigenvalue weighted by atomic mass is 9.82. The van der Waals surface area contributed by atoms with E-state index in [4.69, 9.17) is 0 Å². The van der Waals surface area contributed by atoms with E-state index in [0.717, 1.165) is 43.3 Å². The first-order chi connectivity index (χ1) is 12.0. The second-order valence-electron chi connectivity index (χ2n) is 8.46. The van der Waals surface area contributed by atoms with Crippen molar-refractivity contribution in [3.05, 3.63) is 0 Å². The van der Waals surface area contributed by atoms with Crippen LogP contribution in [0.4, 0.5) is 0 Å². The van der Waals surface area contributed by atoms with E-state index in [-0.39, 0.29) is 34.6 Å². The standard InChI is InChI=1S/C18H28N2O4S/c1-20(9-4-5-10-20)18(7-2-3-8-18)14-13(17(23)24)19-15(22)12(6-11-21)16(19)25-14/h12-14,16,21H,2-11H2,1H3/p+1/t12-,13?,14-,16+/m0/s1. The van der Waals surface area contributed by atoms with E-state index in [2.05, 4.69) is 7.05 Å². The summed E-state index contributed by atoms with van der Waals surface area (Å²) in [7, 11) is 2.32. The van der Waals surface area contributed by atoms with Gasteiger partial charge in [-0.1, -0.05) is 0 Å². The van der Waals surface area contributed by atoms with E-state index >= 15 is 0 Å². The summed E-state index contributed by atoms with van der Waals surface area (Å²) in [5.41, 5.74) is -0.0222. The molecule has 0 aromatic rings. The number of rotatable bonds is 5. The van der Waals surface area contributed by atoms with Gasteiger partial charge < -0.3 is 19.6 Å². The minimum absolute atomic E-state index is 0.0113. The molecule has 4 aliphatic rings. The monoisotopic (exact) mass is 369 g/mol. The molecule has 2 N–H and O–H groups in total. The van der Waals surface area contributed by atoms with Crippen LogP contribution in [0, 0.1) is 5.92 Å². The Balaban J connectivity index is 1.70. The fraction of sp³-hybridized carbons (Fsp3) is 0.889. The largest absolute Gasteiger partial charge is 0.480 e. The maximum absolute atomic E-state index is 12.5. The number of aliphatic carboxylic acids is 1. The highest BCUT2D eigenvalue weighted by Crippen LogP contribution is 2.58. The Labute approximate surface area is 153 Å². The zero-order chi connectivity index (χ0) is 17.8. The van der Waals surface area contributed by atoms with Crippen LogP contribution < -0.4 is 0 Å². The van der Waals surface area contributed by atoms with Gasteiger partial charge in [-0.05, 0) is 19.3 Å². The first-order valence-corrected chi connectivity index (χ1v) is 10.6. The van der Waals surface area contributed by atoms with Crippen molar-refractivity contribution in [3.63, 3.8) is 0 Å². The molecule has 3 heterocycles. The van der Waals surface area contributed by atoms with Crippen LogP contribution in [0.25, 0.3) is 0 Å². The molecule has 0 spiro atoms. The smallest absolute Gasteiger partial charge is 0.327 e. The summed E-state index contributed by atoms with van der Waals surface area (Å²) >= 11 is 1.73. The summed E-state index contributed by atoms with van der Waals surface area (Å²) in [4.78, 5) is 26.3. The van der Waals surface area contributed by atoms with Gasteiger partial charge in [0.05, 0.1) is 36.7 Å². The first kappa shape index (κ1) is 17.6. The molecule has 1 saturated carbocycles. The highest BCUT2D eigenvalue weighted by molar-refractivity contribution is 8.01. The quantitative estimate of drug-likeness (QED) is 0.564. The zero-order valence-corrected chi connectivity index (χ0v) is 15.7. The van der Waals surface area contributed by atoms with E-state index in [1.165, 1.54) is 12.8 Å². The molecule has 25 heavy (non-hydrogen) atoms. The molecular formula is C18H29N2O4S+. The summed E-state index contributed by atoms with van der Waals surface area (Å²) < 4.78 is 0.980. The summed E-state index contributed by atoms with van der Waals surface area (Å²) in [5.74, 6) is -1.13. The van der Waals surface area contributed by atoms with Crippen LogP contribution in [0.15, 0.2) is 0 Å². The number of thioether (sulfide) groups is 1. The number of carbonyl (C=O) groups excluding carboxylic acids is 1. The molecule has 0 aromatic heterocycles. The van der Waals surface area contributed by atoms with E-state index in [0.29, 0.717) is 6.42 Å². The zero-order valence-electron chi connectivity index (χ0n) is 14.9. The van der Waals surface area contributed by atoms with Gasteiger partial charge in [-0.15, -0.1) is 11.8 Å². The van der Waals surface area contributed by atoms with Gasteiger partial charge >= 0.3 is 5.97 Å². The highest BCUT2D eigenvalue weighted by Gasteiger charge is 2.69. The van der Waals surface area contributed by atoms with Gasteiger partial charge in [0, 0.05) is 32.3 Å². The summed E-state index contributed by atoms with van der Waals surface area (Å²) in [6, 6.07) is -0.703. The fourth-order valence-electron chi connectivity index (χ4n) is 6.05. The van der Waals surface area contributed by atoms with Crippen molar-refractivity contribution in [2.75, 3.05) is 26.7 Å². The van der Waals surface area contributed by atoms with Gasteiger partial charge in [0.25, 0.3) is 0 Å². The van der Waals surface area contributed by atoms with E-state index in [9.17, 15) is 19.8 Å². The number of carboxylic acid groups (broad SMARTS) is 1. The molecule has 6 nitrogen and oxygen atoms in total. The molecule has 1 aliphatic carbocycles. The van der Waals surface area contributed by atoms with Gasteiger partial charge in [0.15, 0.2) is 0 Å². The molecule has 0 radical (unpaired) electrons. The van der Waals surface area contributed by atoms with Crippen LogP contribution in [0.5, 0.6) is 0 Å². The Hall–Kier alpha value is -0.790. The normalized spacial score (nSPS) is 38.6. The molecule has 140 valence electrons. The number of carbonyl (C=O) groups is 2. The number of amides is 1.